The molecule has 0 aliphatic carbocycles. The van der Waals surface area contributed by atoms with Crippen LogP contribution in [0.5, 0.6) is 5.75 Å². The van der Waals surface area contributed by atoms with Crippen LogP contribution in [0.2, 0.25) is 5.02 Å². The Balaban J connectivity index is 1.55. The van der Waals surface area contributed by atoms with Crippen LogP contribution in [0.15, 0.2) is 36.5 Å². The summed E-state index contributed by atoms with van der Waals surface area (Å²) in [4.78, 5) is 2.21. The van der Waals surface area contributed by atoms with E-state index in [9.17, 15) is 8.78 Å². The van der Waals surface area contributed by atoms with Gasteiger partial charge in [-0.25, -0.2) is 0 Å². The molecule has 2 aromatic rings. The third kappa shape index (κ3) is 4.99. The van der Waals surface area contributed by atoms with Crippen LogP contribution >= 0.6 is 11.6 Å². The van der Waals surface area contributed by atoms with Crippen molar-refractivity contribution in [1.29, 1.82) is 0 Å². The van der Waals surface area contributed by atoms with Crippen molar-refractivity contribution >= 4 is 17.4 Å². The topological polar surface area (TPSA) is 50.3 Å². The Morgan fingerprint density at radius 3 is 2.96 bits per heavy atom. The van der Waals surface area contributed by atoms with Crippen molar-refractivity contribution in [1.82, 2.24) is 15.5 Å². The highest BCUT2D eigenvalue weighted by Crippen LogP contribution is 2.27. The molecule has 0 bridgehead atoms. The van der Waals surface area contributed by atoms with Gasteiger partial charge in [0.25, 0.3) is 0 Å². The van der Waals surface area contributed by atoms with Crippen LogP contribution in [0, 0.1) is 0 Å². The molecule has 134 valence electrons. The largest absolute Gasteiger partial charge is 0.433 e. The summed E-state index contributed by atoms with van der Waals surface area (Å²) in [6.07, 6.45) is 3.79. The molecule has 1 aromatic heterocycles. The molecule has 8 heteroatoms. The van der Waals surface area contributed by atoms with Gasteiger partial charge in [0.15, 0.2) is 5.82 Å². The lowest BCUT2D eigenvalue weighted by Crippen LogP contribution is -2.45. The summed E-state index contributed by atoms with van der Waals surface area (Å²) < 4.78 is 28.9. The zero-order chi connectivity index (χ0) is 17.6. The van der Waals surface area contributed by atoms with Gasteiger partial charge in [0, 0.05) is 31.9 Å². The fourth-order valence-electron chi connectivity index (χ4n) is 2.92. The highest BCUT2D eigenvalue weighted by atomic mass is 35.5. The molecule has 2 heterocycles. The van der Waals surface area contributed by atoms with Gasteiger partial charge in [-0.15, -0.1) is 5.10 Å². The number of anilines is 1. The van der Waals surface area contributed by atoms with Crippen LogP contribution in [0.1, 0.15) is 18.4 Å². The fourth-order valence-corrected chi connectivity index (χ4v) is 3.17. The van der Waals surface area contributed by atoms with Crippen molar-refractivity contribution in [3.05, 3.63) is 47.1 Å². The van der Waals surface area contributed by atoms with Gasteiger partial charge in [-0.1, -0.05) is 17.7 Å². The van der Waals surface area contributed by atoms with E-state index in [-0.39, 0.29) is 10.8 Å². The number of ether oxygens (including phenoxy) is 1. The third-order valence-corrected chi connectivity index (χ3v) is 4.41. The normalized spacial score (nSPS) is 17.8. The molecule has 0 spiro atoms. The highest BCUT2D eigenvalue weighted by molar-refractivity contribution is 6.32. The van der Waals surface area contributed by atoms with Crippen LogP contribution in [0.25, 0.3) is 0 Å². The minimum absolute atomic E-state index is 0.00749. The van der Waals surface area contributed by atoms with E-state index in [1.807, 2.05) is 12.1 Å². The Morgan fingerprint density at radius 2 is 2.24 bits per heavy atom. The van der Waals surface area contributed by atoms with E-state index in [1.54, 1.807) is 18.3 Å². The number of benzene rings is 1. The Hall–Kier alpha value is -1.99. The quantitative estimate of drug-likeness (QED) is 0.845. The Kier molecular flexibility index (Phi) is 5.99. The first-order chi connectivity index (χ1) is 12.1. The molecule has 1 aliphatic rings. The summed E-state index contributed by atoms with van der Waals surface area (Å²) in [5, 5.41) is 11.8. The average molecular weight is 369 g/mol. The molecule has 1 aromatic carbocycles. The van der Waals surface area contributed by atoms with Gasteiger partial charge in [-0.05, 0) is 42.7 Å². The number of hydrogen-bond acceptors (Lipinski definition) is 5. The van der Waals surface area contributed by atoms with Crippen LogP contribution in [0.4, 0.5) is 14.6 Å². The lowest BCUT2D eigenvalue weighted by Gasteiger charge is -2.33. The van der Waals surface area contributed by atoms with Crippen LogP contribution in [0.3, 0.4) is 0 Å². The van der Waals surface area contributed by atoms with Crippen molar-refractivity contribution in [2.24, 2.45) is 0 Å². The molecule has 0 amide bonds. The van der Waals surface area contributed by atoms with Crippen LogP contribution in [-0.4, -0.2) is 35.9 Å². The van der Waals surface area contributed by atoms with Crippen molar-refractivity contribution in [2.75, 3.05) is 18.0 Å². The van der Waals surface area contributed by atoms with Crippen molar-refractivity contribution < 1.29 is 13.5 Å². The molecule has 1 atom stereocenters. The minimum Gasteiger partial charge on any atom is -0.433 e. The van der Waals surface area contributed by atoms with Gasteiger partial charge in [0.05, 0.1) is 5.02 Å². The molecular weight excluding hydrogens is 350 g/mol. The van der Waals surface area contributed by atoms with Crippen molar-refractivity contribution in [2.45, 2.75) is 32.0 Å². The van der Waals surface area contributed by atoms with E-state index in [0.29, 0.717) is 12.6 Å². The maximum Gasteiger partial charge on any atom is 0.387 e. The van der Waals surface area contributed by atoms with Gasteiger partial charge in [0.1, 0.15) is 5.75 Å². The lowest BCUT2D eigenvalue weighted by molar-refractivity contribution is -0.0497. The van der Waals surface area contributed by atoms with Gasteiger partial charge in [-0.3, -0.25) is 0 Å². The summed E-state index contributed by atoms with van der Waals surface area (Å²) in [5.41, 5.74) is 0.920. The van der Waals surface area contributed by atoms with E-state index in [1.165, 1.54) is 6.07 Å². The molecule has 25 heavy (non-hydrogen) atoms. The fraction of sp³-hybridized carbons (Fsp3) is 0.412. The van der Waals surface area contributed by atoms with E-state index in [4.69, 9.17) is 11.6 Å². The first-order valence-electron chi connectivity index (χ1n) is 8.11. The maximum atomic E-state index is 12.3. The zero-order valence-corrected chi connectivity index (χ0v) is 14.3. The van der Waals surface area contributed by atoms with Crippen molar-refractivity contribution in [3.63, 3.8) is 0 Å². The summed E-state index contributed by atoms with van der Waals surface area (Å²) in [7, 11) is 0. The second-order valence-electron chi connectivity index (χ2n) is 5.89. The Morgan fingerprint density at radius 1 is 1.36 bits per heavy atom. The molecule has 5 nitrogen and oxygen atoms in total. The molecule has 1 aliphatic heterocycles. The number of rotatable bonds is 6. The summed E-state index contributed by atoms with van der Waals surface area (Å²) >= 11 is 5.99. The minimum atomic E-state index is -2.88. The zero-order valence-electron chi connectivity index (χ0n) is 13.5. The second-order valence-corrected chi connectivity index (χ2v) is 6.30. The predicted octanol–water partition coefficient (Wildman–Crippen LogP) is 3.49. The van der Waals surface area contributed by atoms with E-state index in [0.717, 1.165) is 37.3 Å². The van der Waals surface area contributed by atoms with Crippen molar-refractivity contribution in [3.8, 4) is 5.75 Å². The molecule has 0 radical (unpaired) electrons. The predicted molar refractivity (Wildman–Crippen MR) is 92.2 cm³/mol. The molecule has 1 N–H and O–H groups in total. The van der Waals surface area contributed by atoms with Gasteiger partial charge >= 0.3 is 6.61 Å². The Bertz CT molecular complexity index is 690. The first kappa shape index (κ1) is 17.8. The highest BCUT2D eigenvalue weighted by Gasteiger charge is 2.20. The number of hydrogen-bond donors (Lipinski definition) is 1. The van der Waals surface area contributed by atoms with E-state index in [2.05, 4.69) is 25.2 Å². The number of halogens is 3. The molecule has 3 rings (SSSR count). The van der Waals surface area contributed by atoms with Gasteiger partial charge in [-0.2, -0.15) is 13.9 Å². The second kappa shape index (κ2) is 8.40. The molecule has 1 saturated heterocycles. The summed E-state index contributed by atoms with van der Waals surface area (Å²) in [6, 6.07) is 9.00. The Labute approximate surface area is 150 Å². The standard InChI is InChI=1S/C17H19ClF2N4O/c18-14-9-12(5-6-15(14)25-17(19)20)10-21-13-3-2-8-24(11-13)16-4-1-7-22-23-16/h1,4-7,9,13,17,21H,2-3,8,10-11H2. The maximum absolute atomic E-state index is 12.3. The molecular formula is C17H19ClF2N4O. The molecule has 0 saturated carbocycles. The van der Waals surface area contributed by atoms with Gasteiger partial charge in [0.2, 0.25) is 0 Å². The van der Waals surface area contributed by atoms with Crippen LogP contribution in [-0.2, 0) is 6.54 Å². The number of nitrogens with zero attached hydrogens (tertiary/aromatic N) is 3. The van der Waals surface area contributed by atoms with E-state index >= 15 is 0 Å². The number of aromatic nitrogens is 2. The van der Waals surface area contributed by atoms with Crippen LogP contribution < -0.4 is 15.0 Å². The number of nitrogens with one attached hydrogen (secondary N) is 1. The summed E-state index contributed by atoms with van der Waals surface area (Å²) in [5.74, 6) is 0.873. The summed E-state index contributed by atoms with van der Waals surface area (Å²) in [6.45, 7) is -0.467. The monoisotopic (exact) mass is 368 g/mol. The third-order valence-electron chi connectivity index (χ3n) is 4.11. The number of piperidine rings is 1. The number of alkyl halides is 2. The molecule has 1 unspecified atom stereocenters. The first-order valence-corrected chi connectivity index (χ1v) is 8.49. The smallest absolute Gasteiger partial charge is 0.387 e. The van der Waals surface area contributed by atoms with E-state index < -0.39 is 6.61 Å². The van der Waals surface area contributed by atoms with Gasteiger partial charge < -0.3 is 15.0 Å². The molecule has 1 fully saturated rings. The lowest BCUT2D eigenvalue weighted by atomic mass is 10.1. The SMILES string of the molecule is FC(F)Oc1ccc(CNC2CCCN(c3cccnn3)C2)cc1Cl. The average Bonchev–Trinajstić information content (AvgIpc) is 2.63.